The fourth-order valence-electron chi connectivity index (χ4n) is 2.34. The highest BCUT2D eigenvalue weighted by molar-refractivity contribution is 5.92. The molecule has 0 unspecified atom stereocenters. The lowest BCUT2D eigenvalue weighted by atomic mass is 10.0. The first kappa shape index (κ1) is 14.4. The van der Waals surface area contributed by atoms with Crippen molar-refractivity contribution in [1.29, 1.82) is 0 Å². The molecule has 5 heteroatoms. The average Bonchev–Trinajstić information content (AvgIpc) is 2.50. The van der Waals surface area contributed by atoms with Crippen molar-refractivity contribution in [2.45, 2.75) is 32.4 Å². The zero-order chi connectivity index (χ0) is 14.8. The molecule has 0 radical (unpaired) electrons. The van der Waals surface area contributed by atoms with Crippen LogP contribution in [0.25, 0.3) is 0 Å². The maximum absolute atomic E-state index is 12.5. The van der Waals surface area contributed by atoms with Crippen molar-refractivity contribution in [3.63, 3.8) is 0 Å². The maximum atomic E-state index is 12.5. The molecule has 20 heavy (non-hydrogen) atoms. The van der Waals surface area contributed by atoms with Crippen LogP contribution in [0.15, 0.2) is 24.3 Å². The van der Waals surface area contributed by atoms with E-state index < -0.39 is 5.54 Å². The van der Waals surface area contributed by atoms with E-state index in [2.05, 4.69) is 5.32 Å². The van der Waals surface area contributed by atoms with E-state index in [1.54, 1.807) is 25.9 Å². The predicted octanol–water partition coefficient (Wildman–Crippen LogP) is 1.32. The first-order valence-electron chi connectivity index (χ1n) is 6.66. The number of carbonyl (C=O) groups excluding carboxylic acids is 2. The van der Waals surface area contributed by atoms with Crippen LogP contribution in [-0.2, 0) is 16.1 Å². The van der Waals surface area contributed by atoms with Gasteiger partial charge in [-0.1, -0.05) is 12.1 Å². The summed E-state index contributed by atoms with van der Waals surface area (Å²) < 4.78 is 5.18. The number of benzene rings is 1. The van der Waals surface area contributed by atoms with Gasteiger partial charge in [0.25, 0.3) is 0 Å². The van der Waals surface area contributed by atoms with E-state index in [-0.39, 0.29) is 11.8 Å². The number of nitrogens with one attached hydrogen (secondary N) is 1. The quantitative estimate of drug-likeness (QED) is 0.906. The lowest BCUT2D eigenvalue weighted by molar-refractivity contribution is -0.137. The number of carbonyl (C=O) groups is 2. The minimum atomic E-state index is -0.855. The summed E-state index contributed by atoms with van der Waals surface area (Å²) in [6.07, 6.45) is 0.332. The normalized spacial score (nSPS) is 18.4. The molecule has 1 fully saturated rings. The molecule has 1 aromatic carbocycles. The van der Waals surface area contributed by atoms with Crippen LogP contribution >= 0.6 is 0 Å². The van der Waals surface area contributed by atoms with Crippen molar-refractivity contribution in [2.75, 3.05) is 13.7 Å². The Morgan fingerprint density at radius 3 is 2.80 bits per heavy atom. The van der Waals surface area contributed by atoms with Gasteiger partial charge in [-0.15, -0.1) is 0 Å². The number of rotatable bonds is 3. The van der Waals surface area contributed by atoms with E-state index in [0.717, 1.165) is 11.3 Å². The van der Waals surface area contributed by atoms with Crippen LogP contribution in [0.2, 0.25) is 0 Å². The molecule has 2 amide bonds. The molecule has 1 aliphatic rings. The lowest BCUT2D eigenvalue weighted by Crippen LogP contribution is -2.52. The van der Waals surface area contributed by atoms with Gasteiger partial charge in [-0.25, -0.2) is 0 Å². The Hall–Kier alpha value is -2.04. The Bertz CT molecular complexity index is 526. The number of amides is 2. The minimum absolute atomic E-state index is 0.0637. The molecule has 0 spiro atoms. The van der Waals surface area contributed by atoms with E-state index in [1.807, 2.05) is 24.3 Å². The summed E-state index contributed by atoms with van der Waals surface area (Å²) in [5, 5.41) is 2.75. The van der Waals surface area contributed by atoms with Crippen LogP contribution in [0.4, 0.5) is 0 Å². The van der Waals surface area contributed by atoms with Crippen molar-refractivity contribution in [3.8, 4) is 5.75 Å². The van der Waals surface area contributed by atoms with Crippen LogP contribution in [0, 0.1) is 0 Å². The molecule has 0 aromatic heterocycles. The van der Waals surface area contributed by atoms with Gasteiger partial charge in [-0.05, 0) is 31.5 Å². The summed E-state index contributed by atoms with van der Waals surface area (Å²) in [5.41, 5.74) is 0.134. The molecule has 1 aromatic rings. The van der Waals surface area contributed by atoms with Gasteiger partial charge in [0.15, 0.2) is 0 Å². The third-order valence-corrected chi connectivity index (χ3v) is 3.39. The molecule has 1 heterocycles. The summed E-state index contributed by atoms with van der Waals surface area (Å²) in [4.78, 5) is 25.8. The van der Waals surface area contributed by atoms with Crippen LogP contribution in [-0.4, -0.2) is 35.9 Å². The molecule has 1 N–H and O–H groups in total. The molecule has 1 aliphatic heterocycles. The second-order valence-corrected chi connectivity index (χ2v) is 5.50. The fraction of sp³-hybridized carbons (Fsp3) is 0.467. The Morgan fingerprint density at radius 2 is 2.10 bits per heavy atom. The van der Waals surface area contributed by atoms with Gasteiger partial charge in [-0.3, -0.25) is 9.59 Å². The molecular weight excluding hydrogens is 256 g/mol. The van der Waals surface area contributed by atoms with Gasteiger partial charge < -0.3 is 15.0 Å². The van der Waals surface area contributed by atoms with Crippen molar-refractivity contribution in [1.82, 2.24) is 10.2 Å². The molecule has 0 aliphatic carbocycles. The monoisotopic (exact) mass is 276 g/mol. The van der Waals surface area contributed by atoms with Gasteiger partial charge in [-0.2, -0.15) is 0 Å². The third kappa shape index (κ3) is 3.10. The number of nitrogens with zero attached hydrogens (tertiary/aromatic N) is 1. The average molecular weight is 276 g/mol. The van der Waals surface area contributed by atoms with Crippen molar-refractivity contribution >= 4 is 11.8 Å². The molecular formula is C15H20N2O3. The molecule has 2 rings (SSSR count). The highest BCUT2D eigenvalue weighted by atomic mass is 16.5. The second-order valence-electron chi connectivity index (χ2n) is 5.50. The van der Waals surface area contributed by atoms with E-state index in [1.165, 1.54) is 0 Å². The highest BCUT2D eigenvalue weighted by Crippen LogP contribution is 2.18. The smallest absolute Gasteiger partial charge is 0.248 e. The first-order valence-corrected chi connectivity index (χ1v) is 6.66. The van der Waals surface area contributed by atoms with Crippen LogP contribution in [0.5, 0.6) is 5.75 Å². The lowest BCUT2D eigenvalue weighted by Gasteiger charge is -2.28. The predicted molar refractivity (Wildman–Crippen MR) is 75.2 cm³/mol. The molecule has 0 bridgehead atoms. The van der Waals surface area contributed by atoms with Crippen LogP contribution in [0.3, 0.4) is 0 Å². The van der Waals surface area contributed by atoms with E-state index in [9.17, 15) is 9.59 Å². The van der Waals surface area contributed by atoms with Crippen molar-refractivity contribution in [3.05, 3.63) is 29.8 Å². The second kappa shape index (κ2) is 5.53. The summed E-state index contributed by atoms with van der Waals surface area (Å²) in [6.45, 7) is 4.38. The number of methoxy groups -OCH3 is 1. The minimum Gasteiger partial charge on any atom is -0.497 e. The van der Waals surface area contributed by atoms with Gasteiger partial charge in [0.1, 0.15) is 11.3 Å². The number of ether oxygens (including phenoxy) is 1. The molecule has 0 atom stereocenters. The Morgan fingerprint density at radius 1 is 1.35 bits per heavy atom. The summed E-state index contributed by atoms with van der Waals surface area (Å²) >= 11 is 0. The first-order chi connectivity index (χ1) is 9.42. The number of hydrogen-bond donors (Lipinski definition) is 1. The van der Waals surface area contributed by atoms with Crippen molar-refractivity contribution < 1.29 is 14.3 Å². The molecule has 1 saturated heterocycles. The number of hydrogen-bond acceptors (Lipinski definition) is 3. The topological polar surface area (TPSA) is 58.6 Å². The molecule has 108 valence electrons. The Balaban J connectivity index is 2.18. The SMILES string of the molecule is COc1cccc(CN2CCC(=O)NC(C)(C)C2=O)c1. The Kier molecular flexibility index (Phi) is 3.97. The summed E-state index contributed by atoms with van der Waals surface area (Å²) in [5.74, 6) is 0.612. The van der Waals surface area contributed by atoms with Crippen LogP contribution in [0.1, 0.15) is 25.8 Å². The zero-order valence-corrected chi connectivity index (χ0v) is 12.1. The molecule has 5 nitrogen and oxygen atoms in total. The molecule has 0 saturated carbocycles. The third-order valence-electron chi connectivity index (χ3n) is 3.39. The van der Waals surface area contributed by atoms with E-state index >= 15 is 0 Å². The van der Waals surface area contributed by atoms with E-state index in [0.29, 0.717) is 19.5 Å². The van der Waals surface area contributed by atoms with Gasteiger partial charge in [0, 0.05) is 19.5 Å². The van der Waals surface area contributed by atoms with Gasteiger partial charge in [0.2, 0.25) is 11.8 Å². The van der Waals surface area contributed by atoms with Crippen LogP contribution < -0.4 is 10.1 Å². The zero-order valence-electron chi connectivity index (χ0n) is 12.1. The summed E-state index contributed by atoms with van der Waals surface area (Å²) in [6, 6.07) is 7.61. The van der Waals surface area contributed by atoms with E-state index in [4.69, 9.17) is 4.74 Å². The highest BCUT2D eigenvalue weighted by Gasteiger charge is 2.36. The fourth-order valence-corrected chi connectivity index (χ4v) is 2.34. The largest absolute Gasteiger partial charge is 0.497 e. The van der Waals surface area contributed by atoms with Crippen molar-refractivity contribution in [2.24, 2.45) is 0 Å². The maximum Gasteiger partial charge on any atom is 0.248 e. The Labute approximate surface area is 118 Å². The van der Waals surface area contributed by atoms with Gasteiger partial charge in [0.05, 0.1) is 7.11 Å². The standard InChI is InChI=1S/C15H20N2O3/c1-15(2)14(19)17(8-7-13(18)16-15)10-11-5-4-6-12(9-11)20-3/h4-6,9H,7-8,10H2,1-3H3,(H,16,18). The summed E-state index contributed by atoms with van der Waals surface area (Å²) in [7, 11) is 1.61. The van der Waals surface area contributed by atoms with Gasteiger partial charge >= 0.3 is 0 Å².